The van der Waals surface area contributed by atoms with Crippen molar-refractivity contribution in [1.82, 2.24) is 15.3 Å². The van der Waals surface area contributed by atoms with E-state index in [9.17, 15) is 0 Å². The number of hydrogen-bond acceptors (Lipinski definition) is 4. The predicted octanol–water partition coefficient (Wildman–Crippen LogP) is 2.13. The van der Waals surface area contributed by atoms with Crippen molar-refractivity contribution in [3.8, 4) is 0 Å². The first-order valence-corrected chi connectivity index (χ1v) is 6.34. The molecular weight excluding hydrogens is 212 g/mol. The van der Waals surface area contributed by atoms with Gasteiger partial charge in [0.05, 0.1) is 5.69 Å². The van der Waals surface area contributed by atoms with Gasteiger partial charge in [0.15, 0.2) is 0 Å². The fourth-order valence-electron chi connectivity index (χ4n) is 2.05. The van der Waals surface area contributed by atoms with E-state index in [0.29, 0.717) is 6.04 Å². The first kappa shape index (κ1) is 13.9. The molecule has 4 heteroatoms. The first-order chi connectivity index (χ1) is 8.12. The molecule has 0 aliphatic carbocycles. The van der Waals surface area contributed by atoms with Crippen molar-refractivity contribution in [1.29, 1.82) is 0 Å². The molecule has 0 unspecified atom stereocenters. The van der Waals surface area contributed by atoms with Gasteiger partial charge in [-0.25, -0.2) is 9.97 Å². The Morgan fingerprint density at radius 3 is 2.47 bits per heavy atom. The quantitative estimate of drug-likeness (QED) is 0.821. The Morgan fingerprint density at radius 2 is 1.94 bits per heavy atom. The highest BCUT2D eigenvalue weighted by Crippen LogP contribution is 2.15. The summed E-state index contributed by atoms with van der Waals surface area (Å²) in [6.45, 7) is 7.21. The fraction of sp³-hybridized carbons (Fsp3) is 0.692. The molecule has 1 aromatic heterocycles. The molecule has 0 amide bonds. The van der Waals surface area contributed by atoms with Gasteiger partial charge >= 0.3 is 0 Å². The van der Waals surface area contributed by atoms with Crippen molar-refractivity contribution < 1.29 is 0 Å². The van der Waals surface area contributed by atoms with Crippen LogP contribution in [0.4, 0.5) is 5.95 Å². The molecule has 0 saturated carbocycles. The van der Waals surface area contributed by atoms with Crippen LogP contribution in [0, 0.1) is 6.92 Å². The Bertz CT molecular complexity index is 347. The molecule has 0 radical (unpaired) electrons. The molecule has 17 heavy (non-hydrogen) atoms. The van der Waals surface area contributed by atoms with Crippen LogP contribution in [0.2, 0.25) is 0 Å². The molecule has 0 aliphatic heterocycles. The van der Waals surface area contributed by atoms with Crippen LogP contribution in [0.15, 0.2) is 6.07 Å². The molecule has 1 aromatic rings. The Kier molecular flexibility index (Phi) is 5.35. The van der Waals surface area contributed by atoms with Crippen LogP contribution >= 0.6 is 0 Å². The smallest absolute Gasteiger partial charge is 0.225 e. The van der Waals surface area contributed by atoms with Crippen LogP contribution in [0.3, 0.4) is 0 Å². The third-order valence-corrected chi connectivity index (χ3v) is 3.06. The predicted molar refractivity (Wildman–Crippen MR) is 72.3 cm³/mol. The summed E-state index contributed by atoms with van der Waals surface area (Å²) in [5.74, 6) is 0.837. The van der Waals surface area contributed by atoms with Gasteiger partial charge in [-0.3, -0.25) is 0 Å². The zero-order chi connectivity index (χ0) is 12.8. The number of aryl methyl sites for hydroxylation is 1. The second-order valence-corrected chi connectivity index (χ2v) is 4.41. The number of aromatic nitrogens is 2. The topological polar surface area (TPSA) is 41.1 Å². The molecule has 96 valence electrons. The number of rotatable bonds is 6. The Balaban J connectivity index is 2.95. The summed E-state index contributed by atoms with van der Waals surface area (Å²) in [5.41, 5.74) is 2.07. The third kappa shape index (κ3) is 3.66. The van der Waals surface area contributed by atoms with Crippen molar-refractivity contribution in [2.75, 3.05) is 19.0 Å². The molecule has 0 spiro atoms. The monoisotopic (exact) mass is 236 g/mol. The maximum absolute atomic E-state index is 4.59. The van der Waals surface area contributed by atoms with E-state index in [1.165, 1.54) is 0 Å². The van der Waals surface area contributed by atoms with Crippen molar-refractivity contribution in [2.24, 2.45) is 0 Å². The molecule has 1 N–H and O–H groups in total. The summed E-state index contributed by atoms with van der Waals surface area (Å²) in [4.78, 5) is 11.3. The van der Waals surface area contributed by atoms with Crippen LogP contribution in [0.5, 0.6) is 0 Å². The van der Waals surface area contributed by atoms with E-state index in [0.717, 1.165) is 36.7 Å². The van der Waals surface area contributed by atoms with Gasteiger partial charge in [-0.2, -0.15) is 0 Å². The maximum atomic E-state index is 4.59. The first-order valence-electron chi connectivity index (χ1n) is 6.34. The lowest BCUT2D eigenvalue weighted by Crippen LogP contribution is -2.32. The fourth-order valence-corrected chi connectivity index (χ4v) is 2.05. The summed E-state index contributed by atoms with van der Waals surface area (Å²) < 4.78 is 0. The van der Waals surface area contributed by atoms with Gasteiger partial charge in [-0.05, 0) is 32.9 Å². The highest BCUT2D eigenvalue weighted by atomic mass is 15.3. The summed E-state index contributed by atoms with van der Waals surface area (Å²) in [6.07, 6.45) is 2.23. The zero-order valence-corrected chi connectivity index (χ0v) is 11.6. The summed E-state index contributed by atoms with van der Waals surface area (Å²) in [7, 11) is 4.01. The van der Waals surface area contributed by atoms with Gasteiger partial charge in [0.25, 0.3) is 0 Å². The third-order valence-electron chi connectivity index (χ3n) is 3.06. The number of nitrogens with zero attached hydrogens (tertiary/aromatic N) is 3. The molecule has 4 nitrogen and oxygen atoms in total. The highest BCUT2D eigenvalue weighted by Gasteiger charge is 2.14. The van der Waals surface area contributed by atoms with Gasteiger partial charge in [0, 0.05) is 25.3 Å². The number of nitrogens with one attached hydrogen (secondary N) is 1. The van der Waals surface area contributed by atoms with Crippen molar-refractivity contribution in [2.45, 2.75) is 46.2 Å². The van der Waals surface area contributed by atoms with Crippen molar-refractivity contribution in [3.05, 3.63) is 17.5 Å². The normalized spacial score (nSPS) is 10.9. The van der Waals surface area contributed by atoms with Crippen LogP contribution in [0.25, 0.3) is 0 Å². The molecule has 0 atom stereocenters. The van der Waals surface area contributed by atoms with Gasteiger partial charge in [-0.1, -0.05) is 13.8 Å². The molecule has 0 saturated heterocycles. The van der Waals surface area contributed by atoms with E-state index >= 15 is 0 Å². The molecular formula is C13H24N4. The Morgan fingerprint density at radius 1 is 1.29 bits per heavy atom. The lowest BCUT2D eigenvalue weighted by Gasteiger charge is -2.26. The lowest BCUT2D eigenvalue weighted by atomic mass is 10.1. The van der Waals surface area contributed by atoms with Crippen LogP contribution < -0.4 is 10.2 Å². The minimum Gasteiger partial charge on any atom is -0.341 e. The highest BCUT2D eigenvalue weighted by molar-refractivity contribution is 5.32. The van der Waals surface area contributed by atoms with Gasteiger partial charge in [0.2, 0.25) is 5.95 Å². The average Bonchev–Trinajstić information content (AvgIpc) is 2.30. The molecule has 0 aromatic carbocycles. The van der Waals surface area contributed by atoms with Crippen molar-refractivity contribution in [3.63, 3.8) is 0 Å². The van der Waals surface area contributed by atoms with Crippen LogP contribution in [-0.2, 0) is 6.54 Å². The van der Waals surface area contributed by atoms with E-state index < -0.39 is 0 Å². The maximum Gasteiger partial charge on any atom is 0.225 e. The van der Waals surface area contributed by atoms with E-state index in [4.69, 9.17) is 0 Å². The summed E-state index contributed by atoms with van der Waals surface area (Å²) in [5, 5.41) is 3.13. The lowest BCUT2D eigenvalue weighted by molar-refractivity contribution is 0.578. The minimum atomic E-state index is 0.513. The molecule has 1 rings (SSSR count). The second-order valence-electron chi connectivity index (χ2n) is 4.41. The van der Waals surface area contributed by atoms with Crippen molar-refractivity contribution >= 4 is 5.95 Å². The van der Waals surface area contributed by atoms with Gasteiger partial charge in [-0.15, -0.1) is 0 Å². The number of hydrogen-bond donors (Lipinski definition) is 1. The molecule has 1 heterocycles. The Labute approximate surface area is 104 Å². The molecule has 0 bridgehead atoms. The van der Waals surface area contributed by atoms with E-state index in [-0.39, 0.29) is 0 Å². The van der Waals surface area contributed by atoms with E-state index in [2.05, 4.69) is 41.1 Å². The van der Waals surface area contributed by atoms with E-state index in [1.54, 1.807) is 0 Å². The minimum absolute atomic E-state index is 0.513. The largest absolute Gasteiger partial charge is 0.341 e. The summed E-state index contributed by atoms with van der Waals surface area (Å²) in [6, 6.07) is 2.54. The second kappa shape index (κ2) is 6.55. The van der Waals surface area contributed by atoms with Gasteiger partial charge in [0.1, 0.15) is 0 Å². The van der Waals surface area contributed by atoms with Crippen LogP contribution in [-0.4, -0.2) is 30.1 Å². The van der Waals surface area contributed by atoms with Crippen LogP contribution in [0.1, 0.15) is 38.1 Å². The van der Waals surface area contributed by atoms with Gasteiger partial charge < -0.3 is 10.2 Å². The Hall–Kier alpha value is -1.16. The molecule has 0 aliphatic rings. The zero-order valence-electron chi connectivity index (χ0n) is 11.6. The SMILES string of the molecule is CCC(CC)N(C)c1nc(C)cc(CNC)n1. The van der Waals surface area contributed by atoms with E-state index in [1.807, 2.05) is 20.0 Å². The average molecular weight is 236 g/mol. The summed E-state index contributed by atoms with van der Waals surface area (Å²) >= 11 is 0. The molecule has 0 fully saturated rings. The standard InChI is InChI=1S/C13H24N4/c1-6-12(7-2)17(5)13-15-10(3)8-11(16-13)9-14-4/h8,12,14H,6-7,9H2,1-5H3. The number of anilines is 1.